The Bertz CT molecular complexity index is 1630. The molecular weight excluding hydrogens is 614 g/mol. The predicted octanol–water partition coefficient (Wildman–Crippen LogP) is 3.99. The van der Waals surface area contributed by atoms with Crippen LogP contribution in [0.15, 0.2) is 48.7 Å². The molecule has 48 heavy (non-hydrogen) atoms. The topological polar surface area (TPSA) is 165 Å². The number of fused-ring (bicyclic) bond motifs is 2. The van der Waals surface area contributed by atoms with Gasteiger partial charge in [-0.25, -0.2) is 4.79 Å². The molecule has 0 aliphatic carbocycles. The molecule has 2 aliphatic heterocycles. The third-order valence-corrected chi connectivity index (χ3v) is 8.85. The Hall–Kier alpha value is -4.58. The summed E-state index contributed by atoms with van der Waals surface area (Å²) in [4.78, 5) is 59.7. The van der Waals surface area contributed by atoms with Crippen LogP contribution in [0.2, 0.25) is 0 Å². The van der Waals surface area contributed by atoms with Crippen LogP contribution in [0.3, 0.4) is 0 Å². The van der Waals surface area contributed by atoms with Crippen molar-refractivity contribution < 1.29 is 33.4 Å². The number of para-hydroxylation sites is 1. The number of nitrogens with zero attached hydrogens (tertiary/aromatic N) is 1. The third-order valence-electron chi connectivity index (χ3n) is 8.85. The summed E-state index contributed by atoms with van der Waals surface area (Å²) in [6.07, 6.45) is 4.69. The lowest BCUT2D eigenvalue weighted by Crippen LogP contribution is -2.56. The van der Waals surface area contributed by atoms with E-state index in [0.717, 1.165) is 16.5 Å². The van der Waals surface area contributed by atoms with Crippen LogP contribution in [0.4, 0.5) is 0 Å². The first-order valence-corrected chi connectivity index (χ1v) is 16.7. The quantitative estimate of drug-likeness (QED) is 0.167. The molecule has 0 radical (unpaired) electrons. The molecule has 1 fully saturated rings. The number of rotatable bonds is 12. The molecule has 258 valence electrons. The standard InChI is InChI=1S/C36H47N5O7/c1-22(26-19-38-27-12-6-5-11-25(26)27)31(33(43)39-28(13-7-8-16-37)35(45)48-36(2,3)4)40-32(42)24-10-9-17-41(20-24)34(44)23-14-15-29-30(18-23)47-21-46-29/h5-6,11-12,14-15,18-19,22,24,28,31,38H,7-10,13,16-17,20-21,37H2,1-4H3,(H,39,43)(H,40,42)/t22-,24?,28-,31?/m0/s1. The molecule has 0 spiro atoms. The molecule has 3 aromatic rings. The van der Waals surface area contributed by atoms with Gasteiger partial charge in [0.05, 0.1) is 5.92 Å². The maximum atomic E-state index is 14.1. The molecule has 12 heteroatoms. The number of aromatic amines is 1. The molecule has 1 aromatic heterocycles. The molecule has 2 aromatic carbocycles. The van der Waals surface area contributed by atoms with Crippen molar-refractivity contribution in [2.75, 3.05) is 26.4 Å². The second kappa shape index (κ2) is 15.1. The molecule has 2 aliphatic rings. The number of esters is 1. The molecule has 1 saturated heterocycles. The number of aromatic nitrogens is 1. The third kappa shape index (κ3) is 8.28. The van der Waals surface area contributed by atoms with Crippen molar-refractivity contribution in [1.29, 1.82) is 0 Å². The molecule has 4 atom stereocenters. The van der Waals surface area contributed by atoms with Crippen molar-refractivity contribution in [3.63, 3.8) is 0 Å². The largest absolute Gasteiger partial charge is 0.458 e. The highest BCUT2D eigenvalue weighted by Gasteiger charge is 2.37. The average molecular weight is 662 g/mol. The van der Waals surface area contributed by atoms with Crippen LogP contribution in [-0.4, -0.2) is 77.7 Å². The van der Waals surface area contributed by atoms with Crippen LogP contribution in [0.1, 0.15) is 81.6 Å². The first-order valence-electron chi connectivity index (χ1n) is 16.7. The Balaban J connectivity index is 1.36. The number of hydrogen-bond donors (Lipinski definition) is 4. The van der Waals surface area contributed by atoms with E-state index in [0.29, 0.717) is 62.3 Å². The molecular formula is C36H47N5O7. The Labute approximate surface area is 281 Å². The van der Waals surface area contributed by atoms with Gasteiger partial charge in [0.25, 0.3) is 5.91 Å². The Kier molecular flexibility index (Phi) is 10.9. The fraction of sp³-hybridized carbons (Fsp3) is 0.500. The number of amides is 3. The number of nitrogens with two attached hydrogens (primary N) is 1. The summed E-state index contributed by atoms with van der Waals surface area (Å²) in [5.74, 6) is -1.47. The predicted molar refractivity (Wildman–Crippen MR) is 181 cm³/mol. The van der Waals surface area contributed by atoms with Crippen LogP contribution in [0.25, 0.3) is 10.9 Å². The van der Waals surface area contributed by atoms with Gasteiger partial charge in [-0.05, 0) is 89.2 Å². The van der Waals surface area contributed by atoms with Gasteiger partial charge < -0.3 is 40.5 Å². The molecule has 12 nitrogen and oxygen atoms in total. The highest BCUT2D eigenvalue weighted by molar-refractivity contribution is 5.96. The van der Waals surface area contributed by atoms with Crippen LogP contribution in [0, 0.1) is 5.92 Å². The summed E-state index contributed by atoms with van der Waals surface area (Å²) in [5, 5.41) is 6.85. The van der Waals surface area contributed by atoms with E-state index in [4.69, 9.17) is 19.9 Å². The van der Waals surface area contributed by atoms with Gasteiger partial charge in [0, 0.05) is 41.7 Å². The highest BCUT2D eigenvalue weighted by atomic mass is 16.7. The van der Waals surface area contributed by atoms with Gasteiger partial charge in [-0.2, -0.15) is 0 Å². The van der Waals surface area contributed by atoms with Gasteiger partial charge in [0.15, 0.2) is 11.5 Å². The Morgan fingerprint density at radius 3 is 2.60 bits per heavy atom. The maximum Gasteiger partial charge on any atom is 0.329 e. The van der Waals surface area contributed by atoms with Gasteiger partial charge in [-0.1, -0.05) is 25.1 Å². The van der Waals surface area contributed by atoms with E-state index in [1.54, 1.807) is 43.9 Å². The van der Waals surface area contributed by atoms with Gasteiger partial charge in [-0.15, -0.1) is 0 Å². The Morgan fingerprint density at radius 1 is 1.06 bits per heavy atom. The molecule has 0 bridgehead atoms. The van der Waals surface area contributed by atoms with Gasteiger partial charge >= 0.3 is 5.97 Å². The number of unbranched alkanes of at least 4 members (excludes halogenated alkanes) is 1. The smallest absolute Gasteiger partial charge is 0.329 e. The monoisotopic (exact) mass is 661 g/mol. The van der Waals surface area contributed by atoms with Crippen molar-refractivity contribution in [1.82, 2.24) is 20.5 Å². The van der Waals surface area contributed by atoms with E-state index in [9.17, 15) is 19.2 Å². The molecule has 5 N–H and O–H groups in total. The lowest BCUT2D eigenvalue weighted by Gasteiger charge is -2.34. The molecule has 3 amide bonds. The zero-order valence-corrected chi connectivity index (χ0v) is 28.2. The van der Waals surface area contributed by atoms with Crippen molar-refractivity contribution in [3.05, 3.63) is 59.8 Å². The van der Waals surface area contributed by atoms with Crippen LogP contribution < -0.4 is 25.8 Å². The minimum absolute atomic E-state index is 0.108. The number of hydrogen-bond acceptors (Lipinski definition) is 8. The minimum Gasteiger partial charge on any atom is -0.458 e. The first-order chi connectivity index (χ1) is 22.9. The average Bonchev–Trinajstić information content (AvgIpc) is 3.72. The number of H-pyrrole nitrogens is 1. The Morgan fingerprint density at radius 2 is 1.83 bits per heavy atom. The van der Waals surface area contributed by atoms with Crippen molar-refractivity contribution in [3.8, 4) is 11.5 Å². The number of carbonyl (C=O) groups is 4. The SMILES string of the molecule is C[C@@H](c1c[nH]c2ccccc12)C(NC(=O)C1CCCN(C(=O)c2ccc3c(c2)OCO3)C1)C(=O)N[C@@H](CCCCN)C(=O)OC(C)(C)C. The summed E-state index contributed by atoms with van der Waals surface area (Å²) < 4.78 is 16.5. The minimum atomic E-state index is -1.02. The molecule has 0 saturated carbocycles. The molecule has 5 rings (SSSR count). The number of nitrogens with one attached hydrogen (secondary N) is 3. The van der Waals surface area contributed by atoms with E-state index >= 15 is 0 Å². The lowest BCUT2D eigenvalue weighted by molar-refractivity contribution is -0.159. The fourth-order valence-corrected chi connectivity index (χ4v) is 6.30. The van der Waals surface area contributed by atoms with E-state index in [-0.39, 0.29) is 25.2 Å². The highest BCUT2D eigenvalue weighted by Crippen LogP contribution is 2.33. The van der Waals surface area contributed by atoms with Crippen molar-refractivity contribution in [2.45, 2.75) is 83.4 Å². The van der Waals surface area contributed by atoms with Gasteiger partial charge in [-0.3, -0.25) is 14.4 Å². The first kappa shape index (κ1) is 34.7. The maximum absolute atomic E-state index is 14.1. The van der Waals surface area contributed by atoms with Gasteiger partial charge in [0.1, 0.15) is 17.7 Å². The summed E-state index contributed by atoms with van der Waals surface area (Å²) in [6.45, 7) is 8.48. The second-order valence-corrected chi connectivity index (χ2v) is 13.6. The number of carbonyl (C=O) groups excluding carboxylic acids is 4. The van der Waals surface area contributed by atoms with Crippen molar-refractivity contribution >= 4 is 34.6 Å². The lowest BCUT2D eigenvalue weighted by atomic mass is 9.90. The van der Waals surface area contributed by atoms with Crippen LogP contribution >= 0.6 is 0 Å². The second-order valence-electron chi connectivity index (χ2n) is 13.6. The molecule has 2 unspecified atom stereocenters. The van der Waals surface area contributed by atoms with Crippen LogP contribution in [0.5, 0.6) is 11.5 Å². The van der Waals surface area contributed by atoms with Crippen molar-refractivity contribution in [2.24, 2.45) is 11.7 Å². The van der Waals surface area contributed by atoms with Gasteiger partial charge in [0.2, 0.25) is 18.6 Å². The number of ether oxygens (including phenoxy) is 3. The summed E-state index contributed by atoms with van der Waals surface area (Å²) in [7, 11) is 0. The number of piperidine rings is 1. The normalized spacial score (nSPS) is 17.8. The van der Waals surface area contributed by atoms with E-state index < -0.39 is 41.4 Å². The van der Waals surface area contributed by atoms with Crippen LogP contribution in [-0.2, 0) is 19.1 Å². The molecule has 3 heterocycles. The fourth-order valence-electron chi connectivity index (χ4n) is 6.30. The summed E-state index contributed by atoms with van der Waals surface area (Å²) in [6, 6.07) is 10.9. The van der Waals surface area contributed by atoms with E-state index in [1.807, 2.05) is 37.4 Å². The number of likely N-dealkylation sites (tertiary alicyclic amines) is 1. The zero-order chi connectivity index (χ0) is 34.4. The van der Waals surface area contributed by atoms with E-state index in [2.05, 4.69) is 15.6 Å². The summed E-state index contributed by atoms with van der Waals surface area (Å²) >= 11 is 0. The zero-order valence-electron chi connectivity index (χ0n) is 28.2. The number of benzene rings is 2. The summed E-state index contributed by atoms with van der Waals surface area (Å²) in [5.41, 5.74) is 7.17. The van der Waals surface area contributed by atoms with E-state index in [1.165, 1.54) is 0 Å².